The van der Waals surface area contributed by atoms with Crippen molar-refractivity contribution < 1.29 is 23.9 Å². The number of hydrogen-bond acceptors (Lipinski definition) is 4. The quantitative estimate of drug-likeness (QED) is 0.306. The Balaban J connectivity index is 3.23. The Labute approximate surface area is 146 Å². The first kappa shape index (κ1) is 17.2. The molecule has 2 N–H and O–H groups in total. The Morgan fingerprint density at radius 2 is 1.26 bits per heavy atom. The fraction of sp³-hybridized carbons (Fsp3) is 0.947. The van der Waals surface area contributed by atoms with Gasteiger partial charge in [-0.2, -0.15) is 0 Å². The summed E-state index contributed by atoms with van der Waals surface area (Å²) >= 11 is 0. The number of ether oxygens (including phenoxy) is 1. The number of aliphatic hydroxyl groups is 2. The highest BCUT2D eigenvalue weighted by Crippen LogP contribution is 2.13. The summed E-state index contributed by atoms with van der Waals surface area (Å²) in [6, 6.07) is 0. The Hall–Kier alpha value is -0.610. The Morgan fingerprint density at radius 1 is 0.826 bits per heavy atom. The van der Waals surface area contributed by atoms with Crippen LogP contribution in [0.1, 0.15) is 101 Å². The van der Waals surface area contributed by atoms with Gasteiger partial charge in [-0.15, -0.1) is 0 Å². The second kappa shape index (κ2) is 17.7. The fourth-order valence-corrected chi connectivity index (χ4v) is 2.54. The van der Waals surface area contributed by atoms with E-state index in [0.29, 0.717) is 12.8 Å². The normalized spacial score (nSPS) is 13.6. The first-order valence-electron chi connectivity index (χ1n) is 10.8. The van der Waals surface area contributed by atoms with Gasteiger partial charge < -0.3 is 14.9 Å². The van der Waals surface area contributed by atoms with Crippen molar-refractivity contribution in [1.82, 2.24) is 0 Å². The molecule has 0 aromatic heterocycles. The summed E-state index contributed by atoms with van der Waals surface area (Å²) in [5, 5.41) is 17.7. The number of esters is 1. The van der Waals surface area contributed by atoms with Crippen LogP contribution in [0.25, 0.3) is 0 Å². The van der Waals surface area contributed by atoms with Gasteiger partial charge in [0.25, 0.3) is 0 Å². The first-order chi connectivity index (χ1) is 12.4. The van der Waals surface area contributed by atoms with Gasteiger partial charge in [-0.3, -0.25) is 4.79 Å². The molecule has 0 radical (unpaired) electrons. The van der Waals surface area contributed by atoms with Crippen LogP contribution in [0.3, 0.4) is 0 Å². The molecule has 0 aliphatic heterocycles. The minimum Gasteiger partial charge on any atom is -0.457 e. The van der Waals surface area contributed by atoms with E-state index < -0.39 is 13.0 Å². The topological polar surface area (TPSA) is 66.8 Å². The van der Waals surface area contributed by atoms with E-state index in [9.17, 15) is 4.79 Å². The molecule has 0 unspecified atom stereocenters. The van der Waals surface area contributed by atoms with Gasteiger partial charge >= 0.3 is 5.97 Å². The van der Waals surface area contributed by atoms with Gasteiger partial charge in [0.15, 0.2) is 0 Å². The molecule has 0 heterocycles. The number of carbonyl (C=O) groups excluding carboxylic acids is 1. The minimum atomic E-state index is -1.76. The van der Waals surface area contributed by atoms with Crippen molar-refractivity contribution in [1.29, 1.82) is 0 Å². The predicted molar refractivity (Wildman–Crippen MR) is 94.4 cm³/mol. The van der Waals surface area contributed by atoms with E-state index in [1.165, 1.54) is 38.5 Å². The molecular formula is C19H38O4. The molecular weight excluding hydrogens is 292 g/mol. The zero-order valence-electron chi connectivity index (χ0n) is 17.6. The second-order valence-corrected chi connectivity index (χ2v) is 6.22. The van der Waals surface area contributed by atoms with Crippen LogP contribution in [0, 0.1) is 0 Å². The molecule has 0 saturated heterocycles. The Bertz CT molecular complexity index is 331. The maximum atomic E-state index is 11.4. The lowest BCUT2D eigenvalue weighted by atomic mass is 10.0. The molecule has 0 aromatic carbocycles. The van der Waals surface area contributed by atoms with Gasteiger partial charge in [0.05, 0.1) is 13.2 Å². The van der Waals surface area contributed by atoms with Crippen molar-refractivity contribution in [3.63, 3.8) is 0 Å². The lowest BCUT2D eigenvalue weighted by molar-refractivity contribution is -0.153. The van der Waals surface area contributed by atoms with Gasteiger partial charge in [0.2, 0.25) is 0 Å². The smallest absolute Gasteiger partial charge is 0.306 e. The number of unbranched alkanes of at least 4 members (excludes halogenated alkanes) is 11. The van der Waals surface area contributed by atoms with E-state index in [0.717, 1.165) is 38.5 Å². The number of aliphatic hydroxyl groups excluding tert-OH is 2. The van der Waals surface area contributed by atoms with E-state index in [1.807, 2.05) is 0 Å². The summed E-state index contributed by atoms with van der Waals surface area (Å²) in [6.45, 7) is -2.45. The molecule has 0 saturated carbocycles. The van der Waals surface area contributed by atoms with Crippen molar-refractivity contribution in [2.24, 2.45) is 0 Å². The van der Waals surface area contributed by atoms with Crippen LogP contribution >= 0.6 is 0 Å². The second-order valence-electron chi connectivity index (χ2n) is 6.22. The molecule has 0 amide bonds. The SMILES string of the molecule is [2H]C([2H])([2H])CCCCCCCCCCCCCCC(=O)OC(CO)CO. The lowest BCUT2D eigenvalue weighted by Gasteiger charge is -2.12. The monoisotopic (exact) mass is 333 g/mol. The van der Waals surface area contributed by atoms with Gasteiger partial charge in [0, 0.05) is 10.5 Å². The molecule has 23 heavy (non-hydrogen) atoms. The third kappa shape index (κ3) is 16.0. The zero-order valence-corrected chi connectivity index (χ0v) is 14.6. The molecule has 0 aliphatic rings. The van der Waals surface area contributed by atoms with Crippen molar-refractivity contribution in [3.8, 4) is 0 Å². The molecule has 4 nitrogen and oxygen atoms in total. The Morgan fingerprint density at radius 3 is 1.70 bits per heavy atom. The number of rotatable bonds is 17. The van der Waals surface area contributed by atoms with Crippen LogP contribution < -0.4 is 0 Å². The van der Waals surface area contributed by atoms with E-state index in [1.54, 1.807) is 0 Å². The van der Waals surface area contributed by atoms with Crippen LogP contribution in [-0.2, 0) is 9.53 Å². The lowest BCUT2D eigenvalue weighted by Crippen LogP contribution is -2.25. The predicted octanol–water partition coefficient (Wildman–Crippen LogP) is 4.36. The molecule has 0 aliphatic carbocycles. The van der Waals surface area contributed by atoms with E-state index in [-0.39, 0.29) is 19.2 Å². The number of carbonyl (C=O) groups is 1. The van der Waals surface area contributed by atoms with E-state index in [2.05, 4.69) is 0 Å². The summed E-state index contributed by atoms with van der Waals surface area (Å²) in [5.74, 6) is -0.350. The van der Waals surface area contributed by atoms with Crippen molar-refractivity contribution in [2.45, 2.75) is 103 Å². The van der Waals surface area contributed by atoms with Crippen LogP contribution in [0.4, 0.5) is 0 Å². The van der Waals surface area contributed by atoms with E-state index in [4.69, 9.17) is 19.1 Å². The molecule has 0 bridgehead atoms. The largest absolute Gasteiger partial charge is 0.457 e. The maximum absolute atomic E-state index is 11.4. The van der Waals surface area contributed by atoms with Crippen LogP contribution in [0.15, 0.2) is 0 Å². The van der Waals surface area contributed by atoms with Gasteiger partial charge in [-0.05, 0) is 6.42 Å². The molecule has 0 spiro atoms. The summed E-state index contributed by atoms with van der Waals surface area (Å²) in [7, 11) is 0. The fourth-order valence-electron chi connectivity index (χ4n) is 2.54. The van der Waals surface area contributed by atoms with Gasteiger partial charge in [-0.1, -0.05) is 83.9 Å². The van der Waals surface area contributed by atoms with Gasteiger partial charge in [-0.25, -0.2) is 0 Å². The average molecular weight is 334 g/mol. The van der Waals surface area contributed by atoms with Crippen LogP contribution in [0.5, 0.6) is 0 Å². The van der Waals surface area contributed by atoms with Crippen LogP contribution in [0.2, 0.25) is 0 Å². The van der Waals surface area contributed by atoms with Crippen molar-refractivity contribution in [2.75, 3.05) is 13.2 Å². The standard InChI is InChI=1S/C19H38O4/c1-2-3-4-5-6-7-8-9-10-11-12-13-14-15-19(22)23-18(16-20)17-21/h18,20-21H,2-17H2,1H3/i1D3. The third-order valence-corrected chi connectivity index (χ3v) is 4.01. The van der Waals surface area contributed by atoms with Gasteiger partial charge in [0.1, 0.15) is 6.10 Å². The molecule has 4 heteroatoms. The third-order valence-electron chi connectivity index (χ3n) is 4.01. The minimum absolute atomic E-state index is 0.341. The van der Waals surface area contributed by atoms with Crippen molar-refractivity contribution in [3.05, 3.63) is 0 Å². The highest BCUT2D eigenvalue weighted by molar-refractivity contribution is 5.69. The summed E-state index contributed by atoms with van der Waals surface area (Å²) < 4.78 is 26.3. The van der Waals surface area contributed by atoms with Crippen LogP contribution in [-0.4, -0.2) is 35.5 Å². The summed E-state index contributed by atoms with van der Waals surface area (Å²) in [6.07, 6.45) is 13.1. The van der Waals surface area contributed by atoms with Crippen molar-refractivity contribution >= 4 is 5.97 Å². The molecule has 0 atom stereocenters. The summed E-state index contributed by atoms with van der Waals surface area (Å²) in [5.41, 5.74) is 0. The molecule has 0 fully saturated rings. The maximum Gasteiger partial charge on any atom is 0.306 e. The first-order valence-corrected chi connectivity index (χ1v) is 9.30. The molecule has 0 rings (SSSR count). The highest BCUT2D eigenvalue weighted by atomic mass is 16.6. The highest BCUT2D eigenvalue weighted by Gasteiger charge is 2.11. The van der Waals surface area contributed by atoms with E-state index >= 15 is 0 Å². The summed E-state index contributed by atoms with van der Waals surface area (Å²) in [4.78, 5) is 11.4. The Kier molecular flexibility index (Phi) is 13.3. The average Bonchev–Trinajstić information content (AvgIpc) is 2.59. The molecule has 138 valence electrons. The molecule has 0 aromatic rings. The zero-order chi connectivity index (χ0) is 19.7. The number of hydrogen-bond donors (Lipinski definition) is 2.